The summed E-state index contributed by atoms with van der Waals surface area (Å²) in [4.78, 5) is 24.6. The minimum Gasteiger partial charge on any atom is -0.481 e. The molecule has 1 unspecified atom stereocenters. The van der Waals surface area contributed by atoms with Crippen molar-refractivity contribution in [3.8, 4) is 11.9 Å². The lowest BCUT2D eigenvalue weighted by Gasteiger charge is -2.09. The zero-order valence-corrected chi connectivity index (χ0v) is 15.1. The SMILES string of the molecule is COc1cc(C(=O)Nc2ccc(CCC3COC(N)=N3)cc2)nc(OC)n1. The third kappa shape index (κ3) is 4.84. The summed E-state index contributed by atoms with van der Waals surface area (Å²) in [6, 6.07) is 9.47. The minimum absolute atomic E-state index is 0.0639. The van der Waals surface area contributed by atoms with Gasteiger partial charge in [-0.25, -0.2) is 4.99 Å². The fourth-order valence-electron chi connectivity index (χ4n) is 2.58. The Hall–Kier alpha value is -3.36. The first-order valence-corrected chi connectivity index (χ1v) is 8.41. The van der Waals surface area contributed by atoms with Crippen LogP contribution in [0.2, 0.25) is 0 Å². The number of carbonyl (C=O) groups is 1. The van der Waals surface area contributed by atoms with Crippen LogP contribution in [0.25, 0.3) is 0 Å². The van der Waals surface area contributed by atoms with Crippen LogP contribution in [0.4, 0.5) is 5.69 Å². The Morgan fingerprint density at radius 3 is 2.67 bits per heavy atom. The molecule has 0 bridgehead atoms. The van der Waals surface area contributed by atoms with Crippen molar-refractivity contribution >= 4 is 17.6 Å². The number of rotatable bonds is 7. The first kappa shape index (κ1) is 18.4. The molecular weight excluding hydrogens is 350 g/mol. The lowest BCUT2D eigenvalue weighted by Crippen LogP contribution is -2.15. The Balaban J connectivity index is 1.60. The van der Waals surface area contributed by atoms with Crippen LogP contribution in [0.1, 0.15) is 22.5 Å². The van der Waals surface area contributed by atoms with Crippen molar-refractivity contribution in [1.82, 2.24) is 9.97 Å². The maximum absolute atomic E-state index is 12.4. The average Bonchev–Trinajstić information content (AvgIpc) is 3.12. The highest BCUT2D eigenvalue weighted by Crippen LogP contribution is 2.17. The molecule has 9 nitrogen and oxygen atoms in total. The van der Waals surface area contributed by atoms with E-state index in [1.54, 1.807) is 0 Å². The number of carbonyl (C=O) groups excluding carboxylic acids is 1. The van der Waals surface area contributed by atoms with Gasteiger partial charge in [0.05, 0.1) is 20.3 Å². The molecule has 1 aromatic heterocycles. The molecule has 0 aliphatic carbocycles. The van der Waals surface area contributed by atoms with Gasteiger partial charge in [0, 0.05) is 11.8 Å². The highest BCUT2D eigenvalue weighted by molar-refractivity contribution is 6.03. The van der Waals surface area contributed by atoms with Crippen molar-refractivity contribution in [1.29, 1.82) is 0 Å². The van der Waals surface area contributed by atoms with Gasteiger partial charge in [-0.15, -0.1) is 0 Å². The second-order valence-corrected chi connectivity index (χ2v) is 5.90. The van der Waals surface area contributed by atoms with E-state index in [0.29, 0.717) is 12.3 Å². The second kappa shape index (κ2) is 8.35. The number of hydrogen-bond acceptors (Lipinski definition) is 8. The molecule has 0 saturated carbocycles. The molecule has 0 saturated heterocycles. The molecule has 3 N–H and O–H groups in total. The summed E-state index contributed by atoms with van der Waals surface area (Å²) in [5.41, 5.74) is 7.46. The molecule has 9 heteroatoms. The summed E-state index contributed by atoms with van der Waals surface area (Å²) in [5.74, 6) is -0.129. The Morgan fingerprint density at radius 1 is 1.26 bits per heavy atom. The Labute approximate surface area is 156 Å². The topological polar surface area (TPSA) is 121 Å². The van der Waals surface area contributed by atoms with Crippen LogP contribution in [-0.4, -0.2) is 48.8 Å². The van der Waals surface area contributed by atoms with Crippen LogP contribution in [0, 0.1) is 0 Å². The highest BCUT2D eigenvalue weighted by Gasteiger charge is 2.16. The fraction of sp³-hybridized carbons (Fsp3) is 0.333. The zero-order chi connectivity index (χ0) is 19.2. The van der Waals surface area contributed by atoms with Crippen LogP contribution < -0.4 is 20.5 Å². The maximum Gasteiger partial charge on any atom is 0.320 e. The van der Waals surface area contributed by atoms with E-state index >= 15 is 0 Å². The highest BCUT2D eigenvalue weighted by atomic mass is 16.5. The maximum atomic E-state index is 12.4. The minimum atomic E-state index is -0.380. The van der Waals surface area contributed by atoms with Gasteiger partial charge in [-0.2, -0.15) is 9.97 Å². The number of nitrogens with zero attached hydrogens (tertiary/aromatic N) is 3. The number of amides is 1. The summed E-state index contributed by atoms with van der Waals surface area (Å²) in [5, 5.41) is 2.79. The van der Waals surface area contributed by atoms with E-state index < -0.39 is 0 Å². The van der Waals surface area contributed by atoms with Crippen LogP contribution in [0.15, 0.2) is 35.3 Å². The molecule has 0 radical (unpaired) electrons. The van der Waals surface area contributed by atoms with Gasteiger partial charge in [-0.3, -0.25) is 4.79 Å². The summed E-state index contributed by atoms with van der Waals surface area (Å²) < 4.78 is 15.2. The molecule has 1 atom stereocenters. The Kier molecular flexibility index (Phi) is 5.70. The van der Waals surface area contributed by atoms with E-state index in [2.05, 4.69) is 20.3 Å². The van der Waals surface area contributed by atoms with Gasteiger partial charge in [0.15, 0.2) is 0 Å². The number of aromatic nitrogens is 2. The van der Waals surface area contributed by atoms with Gasteiger partial charge in [-0.1, -0.05) is 12.1 Å². The standard InChI is InChI=1S/C18H21N5O4/c1-25-15-9-14(22-18(23-15)26-2)16(24)20-12-6-3-11(4-7-12)5-8-13-10-27-17(19)21-13/h3-4,6-7,9,13H,5,8,10H2,1-2H3,(H2,19,21)(H,20,24). The van der Waals surface area contributed by atoms with Crippen molar-refractivity contribution in [3.05, 3.63) is 41.6 Å². The molecule has 0 fully saturated rings. The molecule has 1 aliphatic rings. The summed E-state index contributed by atoms with van der Waals surface area (Å²) in [6.07, 6.45) is 1.70. The molecule has 2 heterocycles. The molecule has 1 aromatic carbocycles. The Morgan fingerprint density at radius 2 is 2.04 bits per heavy atom. The van der Waals surface area contributed by atoms with E-state index in [-0.39, 0.29) is 35.6 Å². The van der Waals surface area contributed by atoms with E-state index in [4.69, 9.17) is 19.9 Å². The van der Waals surface area contributed by atoms with E-state index in [1.807, 2.05) is 24.3 Å². The van der Waals surface area contributed by atoms with Crippen molar-refractivity contribution in [3.63, 3.8) is 0 Å². The largest absolute Gasteiger partial charge is 0.481 e. The van der Waals surface area contributed by atoms with Crippen molar-refractivity contribution in [2.45, 2.75) is 18.9 Å². The number of anilines is 1. The van der Waals surface area contributed by atoms with Crippen LogP contribution >= 0.6 is 0 Å². The number of nitrogens with one attached hydrogen (secondary N) is 1. The number of benzene rings is 1. The molecular formula is C18H21N5O4. The first-order valence-electron chi connectivity index (χ1n) is 8.41. The second-order valence-electron chi connectivity index (χ2n) is 5.90. The van der Waals surface area contributed by atoms with E-state index in [1.165, 1.54) is 20.3 Å². The number of aryl methyl sites for hydroxylation is 1. The quantitative estimate of drug-likeness (QED) is 0.754. The number of methoxy groups -OCH3 is 2. The molecule has 1 amide bonds. The van der Waals surface area contributed by atoms with Crippen LogP contribution in [0.3, 0.4) is 0 Å². The van der Waals surface area contributed by atoms with Gasteiger partial charge in [-0.05, 0) is 30.5 Å². The summed E-state index contributed by atoms with van der Waals surface area (Å²) in [6.45, 7) is 0.534. The van der Waals surface area contributed by atoms with Crippen molar-refractivity contribution < 1.29 is 19.0 Å². The molecule has 1 aliphatic heterocycles. The van der Waals surface area contributed by atoms with Crippen LogP contribution in [-0.2, 0) is 11.2 Å². The summed E-state index contributed by atoms with van der Waals surface area (Å²) in [7, 11) is 2.88. The van der Waals surface area contributed by atoms with Crippen LogP contribution in [0.5, 0.6) is 11.9 Å². The smallest absolute Gasteiger partial charge is 0.320 e. The van der Waals surface area contributed by atoms with Crippen molar-refractivity contribution in [2.75, 3.05) is 26.1 Å². The van der Waals surface area contributed by atoms with Gasteiger partial charge in [0.25, 0.3) is 11.9 Å². The zero-order valence-electron chi connectivity index (χ0n) is 15.1. The van der Waals surface area contributed by atoms with Crippen molar-refractivity contribution in [2.24, 2.45) is 10.7 Å². The normalized spacial score (nSPS) is 15.6. The monoisotopic (exact) mass is 371 g/mol. The molecule has 3 rings (SSSR count). The van der Waals surface area contributed by atoms with Gasteiger partial charge >= 0.3 is 6.01 Å². The molecule has 0 spiro atoms. The predicted octanol–water partition coefficient (Wildman–Crippen LogP) is 1.39. The lowest BCUT2D eigenvalue weighted by molar-refractivity contribution is 0.102. The molecule has 142 valence electrons. The molecule has 2 aromatic rings. The van der Waals surface area contributed by atoms with Gasteiger partial charge in [0.1, 0.15) is 12.3 Å². The Bertz CT molecular complexity index is 816. The predicted molar refractivity (Wildman–Crippen MR) is 99.2 cm³/mol. The fourth-order valence-corrected chi connectivity index (χ4v) is 2.58. The number of ether oxygens (including phenoxy) is 3. The van der Waals surface area contributed by atoms with E-state index in [9.17, 15) is 4.79 Å². The van der Waals surface area contributed by atoms with E-state index in [0.717, 1.165) is 18.4 Å². The average molecular weight is 371 g/mol. The number of nitrogens with two attached hydrogens (primary N) is 1. The third-order valence-electron chi connectivity index (χ3n) is 4.02. The van der Waals surface area contributed by atoms with Gasteiger partial charge in [0.2, 0.25) is 5.88 Å². The van der Waals surface area contributed by atoms with Gasteiger partial charge < -0.3 is 25.3 Å². The number of amidine groups is 1. The lowest BCUT2D eigenvalue weighted by atomic mass is 10.1. The molecule has 27 heavy (non-hydrogen) atoms. The first-order chi connectivity index (χ1) is 13.1. The number of hydrogen-bond donors (Lipinski definition) is 2. The third-order valence-corrected chi connectivity index (χ3v) is 4.02. The number of aliphatic imine (C=N–C) groups is 1. The summed E-state index contributed by atoms with van der Waals surface area (Å²) >= 11 is 0.